The van der Waals surface area contributed by atoms with Crippen LogP contribution in [0.1, 0.15) is 6.42 Å². The van der Waals surface area contributed by atoms with E-state index in [2.05, 4.69) is 19.9 Å². The third kappa shape index (κ3) is 2.93. The van der Waals surface area contributed by atoms with Gasteiger partial charge in [-0.15, -0.1) is 0 Å². The Morgan fingerprint density at radius 2 is 2.47 bits per heavy atom. The Hall–Kier alpha value is -0.600. The molecule has 1 aliphatic heterocycles. The van der Waals surface area contributed by atoms with E-state index in [1.165, 1.54) is 23.3 Å². The van der Waals surface area contributed by atoms with Crippen LogP contribution in [-0.2, 0) is 4.79 Å². The normalized spacial score (nSPS) is 15.3. The summed E-state index contributed by atoms with van der Waals surface area (Å²) in [5, 5.41) is 4.70. The molecule has 0 saturated carbocycles. The van der Waals surface area contributed by atoms with Crippen molar-refractivity contribution in [2.24, 2.45) is 5.10 Å². The molecule has 0 aliphatic carbocycles. The fraction of sp³-hybridized carbons (Fsp3) is 0.429. The molecule has 0 bridgehead atoms. The van der Waals surface area contributed by atoms with Crippen molar-refractivity contribution in [2.45, 2.75) is 15.9 Å². The Bertz CT molecular complexity index is 403. The number of hydrogen-bond donors (Lipinski definition) is 1. The number of thioether (sulfide) groups is 2. The second kappa shape index (κ2) is 4.95. The Morgan fingerprint density at radius 3 is 3.07 bits per heavy atom. The van der Waals surface area contributed by atoms with E-state index in [0.717, 1.165) is 15.2 Å². The molecule has 8 heteroatoms. The molecular formula is C7H8N4OS3. The predicted octanol–water partition coefficient (Wildman–Crippen LogP) is 1.23. The number of nitrogens with zero attached hydrogens (tertiary/aromatic N) is 3. The van der Waals surface area contributed by atoms with Gasteiger partial charge in [0.05, 0.1) is 12.1 Å². The molecular weight excluding hydrogens is 252 g/mol. The second-order valence-corrected chi connectivity index (χ2v) is 5.47. The number of amides is 1. The van der Waals surface area contributed by atoms with Crippen molar-refractivity contribution in [3.63, 3.8) is 0 Å². The van der Waals surface area contributed by atoms with Gasteiger partial charge in [0.1, 0.15) is 0 Å². The Kier molecular flexibility index (Phi) is 3.60. The third-order valence-electron chi connectivity index (χ3n) is 1.64. The van der Waals surface area contributed by atoms with Gasteiger partial charge in [0.25, 0.3) is 0 Å². The highest BCUT2D eigenvalue weighted by Gasteiger charge is 2.15. The van der Waals surface area contributed by atoms with Gasteiger partial charge in [0, 0.05) is 5.75 Å². The quantitative estimate of drug-likeness (QED) is 0.825. The summed E-state index contributed by atoms with van der Waals surface area (Å²) in [6.45, 7) is 0. The molecule has 80 valence electrons. The van der Waals surface area contributed by atoms with E-state index in [9.17, 15) is 4.79 Å². The molecule has 2 heterocycles. The molecule has 0 saturated heterocycles. The monoisotopic (exact) mass is 260 g/mol. The fourth-order valence-corrected chi connectivity index (χ4v) is 3.11. The highest BCUT2D eigenvalue weighted by atomic mass is 32.2. The van der Waals surface area contributed by atoms with Crippen molar-refractivity contribution < 1.29 is 4.79 Å². The molecule has 1 N–H and O–H groups in total. The first-order valence-electron chi connectivity index (χ1n) is 4.12. The first-order chi connectivity index (χ1) is 7.28. The smallest absolute Gasteiger partial charge is 0.245 e. The first-order valence-corrected chi connectivity index (χ1v) is 7.11. The van der Waals surface area contributed by atoms with E-state index in [1.807, 2.05) is 6.26 Å². The van der Waals surface area contributed by atoms with Gasteiger partial charge in [-0.3, -0.25) is 4.79 Å². The van der Waals surface area contributed by atoms with E-state index in [4.69, 9.17) is 0 Å². The lowest BCUT2D eigenvalue weighted by molar-refractivity contribution is -0.119. The molecule has 1 amide bonds. The Balaban J connectivity index is 1.85. The van der Waals surface area contributed by atoms with Gasteiger partial charge in [-0.05, 0) is 17.8 Å². The highest BCUT2D eigenvalue weighted by Crippen LogP contribution is 2.24. The zero-order chi connectivity index (χ0) is 10.7. The van der Waals surface area contributed by atoms with Gasteiger partial charge in [0.2, 0.25) is 11.1 Å². The van der Waals surface area contributed by atoms with E-state index < -0.39 is 0 Å². The number of hydrogen-bond acceptors (Lipinski definition) is 7. The zero-order valence-corrected chi connectivity index (χ0v) is 10.3. The summed E-state index contributed by atoms with van der Waals surface area (Å²) >= 11 is 4.47. The van der Waals surface area contributed by atoms with Crippen molar-refractivity contribution in [3.05, 3.63) is 0 Å². The zero-order valence-electron chi connectivity index (χ0n) is 7.89. The largest absolute Gasteiger partial charge is 0.273 e. The maximum absolute atomic E-state index is 10.9. The maximum Gasteiger partial charge on any atom is 0.245 e. The van der Waals surface area contributed by atoms with Crippen LogP contribution in [0.25, 0.3) is 0 Å². The van der Waals surface area contributed by atoms with Crippen LogP contribution in [-0.4, -0.2) is 33.0 Å². The SMILES string of the molecule is CSc1nsc(SCC2=NNC(=O)C2)n1. The number of rotatable bonds is 4. The second-order valence-electron chi connectivity index (χ2n) is 2.73. The lowest BCUT2D eigenvalue weighted by Crippen LogP contribution is -2.09. The molecule has 1 aliphatic rings. The number of aromatic nitrogens is 2. The average molecular weight is 260 g/mol. The lowest BCUT2D eigenvalue weighted by Gasteiger charge is -1.93. The summed E-state index contributed by atoms with van der Waals surface area (Å²) in [7, 11) is 0. The van der Waals surface area contributed by atoms with Crippen molar-refractivity contribution in [2.75, 3.05) is 12.0 Å². The highest BCUT2D eigenvalue weighted by molar-refractivity contribution is 8.01. The van der Waals surface area contributed by atoms with Crippen LogP contribution in [0.2, 0.25) is 0 Å². The number of nitrogens with one attached hydrogen (secondary N) is 1. The molecule has 0 radical (unpaired) electrons. The summed E-state index contributed by atoms with van der Waals surface area (Å²) in [5.74, 6) is 0.662. The number of hydrazone groups is 1. The summed E-state index contributed by atoms with van der Waals surface area (Å²) in [5.41, 5.74) is 3.29. The van der Waals surface area contributed by atoms with Crippen molar-refractivity contribution in [1.29, 1.82) is 0 Å². The van der Waals surface area contributed by atoms with Crippen LogP contribution >= 0.6 is 35.1 Å². The number of carbonyl (C=O) groups is 1. The minimum absolute atomic E-state index is 0.0346. The third-order valence-corrected chi connectivity index (χ3v) is 4.20. The fourth-order valence-electron chi connectivity index (χ4n) is 0.973. The maximum atomic E-state index is 10.9. The van der Waals surface area contributed by atoms with Crippen molar-refractivity contribution >= 4 is 46.7 Å². The average Bonchev–Trinajstić information content (AvgIpc) is 2.83. The topological polar surface area (TPSA) is 67.2 Å². The molecule has 1 aromatic rings. The van der Waals surface area contributed by atoms with Gasteiger partial charge in [0.15, 0.2) is 4.34 Å². The van der Waals surface area contributed by atoms with Crippen LogP contribution in [0.5, 0.6) is 0 Å². The van der Waals surface area contributed by atoms with E-state index >= 15 is 0 Å². The van der Waals surface area contributed by atoms with E-state index in [1.54, 1.807) is 11.8 Å². The van der Waals surface area contributed by atoms with Crippen LogP contribution in [0, 0.1) is 0 Å². The Morgan fingerprint density at radius 1 is 1.60 bits per heavy atom. The van der Waals surface area contributed by atoms with Gasteiger partial charge >= 0.3 is 0 Å². The van der Waals surface area contributed by atoms with Gasteiger partial charge in [-0.2, -0.15) is 9.47 Å². The van der Waals surface area contributed by atoms with Crippen LogP contribution in [0.4, 0.5) is 0 Å². The lowest BCUT2D eigenvalue weighted by atomic mass is 10.3. The van der Waals surface area contributed by atoms with E-state index in [0.29, 0.717) is 12.2 Å². The predicted molar refractivity (Wildman–Crippen MR) is 62.6 cm³/mol. The Labute approximate surface area is 99.3 Å². The summed E-state index contributed by atoms with van der Waals surface area (Å²) in [4.78, 5) is 15.1. The molecule has 0 fully saturated rings. The standard InChI is InChI=1S/C7H8N4OS3/c1-13-6-8-7(15-11-6)14-3-4-2-5(12)10-9-4/h2-3H2,1H3,(H,10,12). The van der Waals surface area contributed by atoms with Crippen LogP contribution in [0.15, 0.2) is 14.6 Å². The first kappa shape index (κ1) is 10.9. The van der Waals surface area contributed by atoms with Crippen LogP contribution in [0.3, 0.4) is 0 Å². The number of carbonyl (C=O) groups excluding carboxylic acids is 1. The van der Waals surface area contributed by atoms with E-state index in [-0.39, 0.29) is 5.91 Å². The molecule has 15 heavy (non-hydrogen) atoms. The summed E-state index contributed by atoms with van der Waals surface area (Å²) in [6, 6.07) is 0. The summed E-state index contributed by atoms with van der Waals surface area (Å²) in [6.07, 6.45) is 2.35. The molecule has 1 aromatic heterocycles. The molecule has 0 aromatic carbocycles. The van der Waals surface area contributed by atoms with Crippen molar-refractivity contribution in [1.82, 2.24) is 14.8 Å². The van der Waals surface area contributed by atoms with Crippen LogP contribution < -0.4 is 5.43 Å². The molecule has 0 atom stereocenters. The van der Waals surface area contributed by atoms with Gasteiger partial charge < -0.3 is 0 Å². The minimum Gasteiger partial charge on any atom is -0.273 e. The molecule has 2 rings (SSSR count). The summed E-state index contributed by atoms with van der Waals surface area (Å²) < 4.78 is 5.06. The molecule has 0 unspecified atom stereocenters. The van der Waals surface area contributed by atoms with Gasteiger partial charge in [-0.25, -0.2) is 10.4 Å². The van der Waals surface area contributed by atoms with Crippen molar-refractivity contribution in [3.8, 4) is 0 Å². The molecule has 0 spiro atoms. The minimum atomic E-state index is -0.0346. The van der Waals surface area contributed by atoms with Gasteiger partial charge in [-0.1, -0.05) is 23.5 Å². The molecule has 5 nitrogen and oxygen atoms in total.